The number of hydrogen-bond acceptors (Lipinski definition) is 5. The Labute approximate surface area is 190 Å². The van der Waals surface area contributed by atoms with E-state index < -0.39 is 5.97 Å². The number of aromatic nitrogens is 1. The van der Waals surface area contributed by atoms with Crippen LogP contribution in [0.1, 0.15) is 44.9 Å². The lowest BCUT2D eigenvalue weighted by Crippen LogP contribution is -2.28. The van der Waals surface area contributed by atoms with Crippen molar-refractivity contribution in [2.75, 3.05) is 7.11 Å². The van der Waals surface area contributed by atoms with Gasteiger partial charge in [-0.3, -0.25) is 9.78 Å². The fourth-order valence-electron chi connectivity index (χ4n) is 2.87. The number of rotatable bonds is 7. The number of amides is 1. The molecule has 0 saturated carbocycles. The van der Waals surface area contributed by atoms with Crippen molar-refractivity contribution in [1.29, 1.82) is 0 Å². The normalized spacial score (nSPS) is 11.5. The van der Waals surface area contributed by atoms with Gasteiger partial charge < -0.3 is 14.8 Å². The van der Waals surface area contributed by atoms with Crippen molar-refractivity contribution in [3.63, 3.8) is 0 Å². The number of carbonyl (C=O) groups excluding carboxylic acids is 2. The van der Waals surface area contributed by atoms with E-state index in [2.05, 4.69) is 10.3 Å². The second kappa shape index (κ2) is 10.3. The summed E-state index contributed by atoms with van der Waals surface area (Å²) in [6.07, 6.45) is 1.46. The first-order valence-electron chi connectivity index (χ1n) is 9.39. The molecule has 3 aromatic rings. The molecule has 1 atom stereocenters. The number of nitrogens with zero attached hydrogens (tertiary/aromatic N) is 1. The van der Waals surface area contributed by atoms with E-state index in [-0.39, 0.29) is 18.6 Å². The molecule has 0 aliphatic heterocycles. The molecule has 0 radical (unpaired) electrons. The number of benzene rings is 2. The van der Waals surface area contributed by atoms with Gasteiger partial charge in [0.1, 0.15) is 12.4 Å². The number of carbonyl (C=O) groups is 2. The van der Waals surface area contributed by atoms with Crippen LogP contribution in [0.5, 0.6) is 5.75 Å². The van der Waals surface area contributed by atoms with Crippen molar-refractivity contribution in [2.24, 2.45) is 0 Å². The third-order valence-corrected chi connectivity index (χ3v) is 4.97. The first-order valence-corrected chi connectivity index (χ1v) is 10.1. The molecule has 0 spiro atoms. The quantitative estimate of drug-likeness (QED) is 0.489. The van der Waals surface area contributed by atoms with Crippen LogP contribution < -0.4 is 10.1 Å². The monoisotopic (exact) mass is 458 g/mol. The second-order valence-electron chi connectivity index (χ2n) is 6.70. The van der Waals surface area contributed by atoms with Crippen LogP contribution in [-0.4, -0.2) is 24.0 Å². The molecule has 0 aliphatic carbocycles. The lowest BCUT2D eigenvalue weighted by atomic mass is 10.1. The highest BCUT2D eigenvalue weighted by Gasteiger charge is 2.18. The fraction of sp³-hybridized carbons (Fsp3) is 0.174. The van der Waals surface area contributed by atoms with Crippen LogP contribution in [0.4, 0.5) is 0 Å². The van der Waals surface area contributed by atoms with Crippen LogP contribution >= 0.6 is 23.2 Å². The Hall–Kier alpha value is -3.09. The van der Waals surface area contributed by atoms with Gasteiger partial charge in [-0.1, -0.05) is 41.4 Å². The molecule has 3 rings (SSSR count). The highest BCUT2D eigenvalue weighted by atomic mass is 35.5. The van der Waals surface area contributed by atoms with E-state index in [0.717, 1.165) is 5.56 Å². The number of hydrogen-bond donors (Lipinski definition) is 1. The average Bonchev–Trinajstić information content (AvgIpc) is 2.77. The van der Waals surface area contributed by atoms with E-state index in [1.54, 1.807) is 54.6 Å². The number of methoxy groups -OCH3 is 1. The Balaban J connectivity index is 1.73. The van der Waals surface area contributed by atoms with Gasteiger partial charge in [0.15, 0.2) is 0 Å². The van der Waals surface area contributed by atoms with Gasteiger partial charge in [-0.25, -0.2) is 4.79 Å². The molecule has 0 bridgehead atoms. The highest BCUT2D eigenvalue weighted by molar-refractivity contribution is 6.31. The zero-order valence-corrected chi connectivity index (χ0v) is 18.4. The predicted octanol–water partition coefficient (Wildman–Crippen LogP) is 5.25. The molecule has 31 heavy (non-hydrogen) atoms. The summed E-state index contributed by atoms with van der Waals surface area (Å²) in [5.74, 6) is -0.198. The Kier molecular flexibility index (Phi) is 7.50. The maximum atomic E-state index is 12.9. The SMILES string of the molecule is COC(=O)c1ccc([C@H](C)NC(=O)c2cc(Cl)cnc2COc2cccc(Cl)c2)cc1. The Morgan fingerprint density at radius 2 is 1.81 bits per heavy atom. The molecule has 2 aromatic carbocycles. The van der Waals surface area contributed by atoms with E-state index in [1.807, 2.05) is 6.92 Å². The topological polar surface area (TPSA) is 77.5 Å². The number of pyridine rings is 1. The predicted molar refractivity (Wildman–Crippen MR) is 119 cm³/mol. The largest absolute Gasteiger partial charge is 0.487 e. The van der Waals surface area contributed by atoms with Crippen LogP contribution in [0.3, 0.4) is 0 Å². The van der Waals surface area contributed by atoms with Crippen LogP contribution in [0, 0.1) is 0 Å². The van der Waals surface area contributed by atoms with Crippen LogP contribution in [0.2, 0.25) is 10.0 Å². The summed E-state index contributed by atoms with van der Waals surface area (Å²) in [6, 6.07) is 15.0. The van der Waals surface area contributed by atoms with Gasteiger partial charge in [0.25, 0.3) is 5.91 Å². The van der Waals surface area contributed by atoms with Gasteiger partial charge in [0.05, 0.1) is 35.0 Å². The van der Waals surface area contributed by atoms with E-state index in [0.29, 0.717) is 32.6 Å². The van der Waals surface area contributed by atoms with Gasteiger partial charge in [0.2, 0.25) is 0 Å². The highest BCUT2D eigenvalue weighted by Crippen LogP contribution is 2.21. The Morgan fingerprint density at radius 1 is 1.06 bits per heavy atom. The smallest absolute Gasteiger partial charge is 0.337 e. The Morgan fingerprint density at radius 3 is 2.48 bits per heavy atom. The summed E-state index contributed by atoms with van der Waals surface area (Å²) in [5.41, 5.74) is 2.01. The van der Waals surface area contributed by atoms with E-state index in [4.69, 9.17) is 32.7 Å². The third kappa shape index (κ3) is 5.96. The molecule has 0 saturated heterocycles. The van der Waals surface area contributed by atoms with Gasteiger partial charge in [-0.15, -0.1) is 0 Å². The molecule has 8 heteroatoms. The number of nitrogens with one attached hydrogen (secondary N) is 1. The lowest BCUT2D eigenvalue weighted by Gasteiger charge is -2.16. The average molecular weight is 459 g/mol. The summed E-state index contributed by atoms with van der Waals surface area (Å²) in [4.78, 5) is 28.8. The van der Waals surface area contributed by atoms with Crippen molar-refractivity contribution in [3.05, 3.63) is 93.2 Å². The number of esters is 1. The number of halogens is 2. The minimum atomic E-state index is -0.419. The van der Waals surface area contributed by atoms with Crippen molar-refractivity contribution < 1.29 is 19.1 Å². The minimum Gasteiger partial charge on any atom is -0.487 e. The van der Waals surface area contributed by atoms with Crippen LogP contribution in [0.15, 0.2) is 60.8 Å². The van der Waals surface area contributed by atoms with Gasteiger partial charge in [0, 0.05) is 11.2 Å². The summed E-state index contributed by atoms with van der Waals surface area (Å²) >= 11 is 12.0. The number of ether oxygens (including phenoxy) is 2. The van der Waals surface area contributed by atoms with Crippen molar-refractivity contribution >= 4 is 35.1 Å². The standard InChI is InChI=1S/C23H20Cl2N2O4/c1-14(15-6-8-16(9-7-15)23(29)30-2)27-22(28)20-11-18(25)12-26-21(20)13-31-19-5-3-4-17(24)10-19/h3-12,14H,13H2,1-2H3,(H,27,28)/t14-/m0/s1. The zero-order chi connectivity index (χ0) is 22.4. The fourth-order valence-corrected chi connectivity index (χ4v) is 3.21. The first-order chi connectivity index (χ1) is 14.9. The molecular formula is C23H20Cl2N2O4. The molecule has 1 amide bonds. The summed E-state index contributed by atoms with van der Waals surface area (Å²) < 4.78 is 10.4. The summed E-state index contributed by atoms with van der Waals surface area (Å²) in [5, 5.41) is 3.81. The van der Waals surface area contributed by atoms with Gasteiger partial charge >= 0.3 is 5.97 Å². The molecular weight excluding hydrogens is 439 g/mol. The lowest BCUT2D eigenvalue weighted by molar-refractivity contribution is 0.0600. The molecule has 6 nitrogen and oxygen atoms in total. The van der Waals surface area contributed by atoms with Gasteiger partial charge in [-0.2, -0.15) is 0 Å². The van der Waals surface area contributed by atoms with Gasteiger partial charge in [-0.05, 0) is 48.9 Å². The molecule has 1 heterocycles. The van der Waals surface area contributed by atoms with E-state index >= 15 is 0 Å². The van der Waals surface area contributed by atoms with Crippen molar-refractivity contribution in [3.8, 4) is 5.75 Å². The first kappa shape index (κ1) is 22.6. The zero-order valence-electron chi connectivity index (χ0n) is 16.9. The molecule has 0 fully saturated rings. The molecule has 0 aliphatic rings. The second-order valence-corrected chi connectivity index (χ2v) is 7.58. The molecule has 160 valence electrons. The van der Waals surface area contributed by atoms with Crippen LogP contribution in [-0.2, 0) is 11.3 Å². The summed E-state index contributed by atoms with van der Waals surface area (Å²) in [7, 11) is 1.33. The van der Waals surface area contributed by atoms with Crippen molar-refractivity contribution in [2.45, 2.75) is 19.6 Å². The van der Waals surface area contributed by atoms with Crippen LogP contribution in [0.25, 0.3) is 0 Å². The maximum Gasteiger partial charge on any atom is 0.337 e. The Bertz CT molecular complexity index is 1090. The van der Waals surface area contributed by atoms with E-state index in [9.17, 15) is 9.59 Å². The van der Waals surface area contributed by atoms with E-state index in [1.165, 1.54) is 13.3 Å². The molecule has 0 unspecified atom stereocenters. The molecule has 1 N–H and O–H groups in total. The summed E-state index contributed by atoms with van der Waals surface area (Å²) in [6.45, 7) is 1.91. The van der Waals surface area contributed by atoms with Crippen molar-refractivity contribution in [1.82, 2.24) is 10.3 Å². The molecule has 1 aromatic heterocycles. The third-order valence-electron chi connectivity index (χ3n) is 4.53. The maximum absolute atomic E-state index is 12.9. The minimum absolute atomic E-state index is 0.0719.